The van der Waals surface area contributed by atoms with Crippen molar-refractivity contribution >= 4 is 6.47 Å². The van der Waals surface area contributed by atoms with Crippen LogP contribution >= 0.6 is 0 Å². The molecule has 0 aromatic rings. The second-order valence-electron chi connectivity index (χ2n) is 1.46. The molecule has 3 heteroatoms. The lowest BCUT2D eigenvalue weighted by Gasteiger charge is -1.91. The van der Waals surface area contributed by atoms with Crippen molar-refractivity contribution in [2.75, 3.05) is 13.1 Å². The van der Waals surface area contributed by atoms with E-state index >= 15 is 0 Å². The highest BCUT2D eigenvalue weighted by molar-refractivity contribution is 5.32. The summed E-state index contributed by atoms with van der Waals surface area (Å²) in [6.07, 6.45) is 1.24. The topological polar surface area (TPSA) is 49.3 Å². The van der Waals surface area contributed by atoms with E-state index in [1.807, 2.05) is 13.8 Å². The fourth-order valence-corrected chi connectivity index (χ4v) is 0.354. The number of rotatable bonds is 3. The van der Waals surface area contributed by atoms with Crippen molar-refractivity contribution in [1.82, 2.24) is 5.32 Å². The van der Waals surface area contributed by atoms with Gasteiger partial charge in [0, 0.05) is 0 Å². The average molecular weight is 163 g/mol. The van der Waals surface area contributed by atoms with E-state index in [1.165, 1.54) is 6.42 Å². The van der Waals surface area contributed by atoms with Gasteiger partial charge in [-0.25, -0.2) is 0 Å². The average Bonchev–Trinajstić information content (AvgIpc) is 2.06. The number of hydrogen-bond donors (Lipinski definition) is 2. The van der Waals surface area contributed by atoms with E-state index < -0.39 is 0 Å². The largest absolute Gasteiger partial charge is 0.483 e. The Morgan fingerprint density at radius 2 is 1.73 bits per heavy atom. The monoisotopic (exact) mass is 163 g/mol. The zero-order valence-electron chi connectivity index (χ0n) is 8.05. The van der Waals surface area contributed by atoms with Gasteiger partial charge in [0.05, 0.1) is 0 Å². The van der Waals surface area contributed by atoms with Crippen molar-refractivity contribution in [3.05, 3.63) is 0 Å². The molecular weight excluding hydrogens is 142 g/mol. The SMILES string of the molecule is CC.CCCNCC.O=CO. The van der Waals surface area contributed by atoms with E-state index in [0.29, 0.717) is 0 Å². The standard InChI is InChI=1S/C5H13N.C2H6.CH2O2/c1-3-5-6-4-2;1-2;2-1-3/h6H,3-5H2,1-2H3;1-2H3;1H,(H,2,3). The molecule has 0 aromatic carbocycles. The molecule has 0 radical (unpaired) electrons. The Kier molecular flexibility index (Phi) is 52.2. The fourth-order valence-electron chi connectivity index (χ4n) is 0.354. The minimum absolute atomic E-state index is 0.250. The van der Waals surface area contributed by atoms with Crippen LogP contribution in [0.2, 0.25) is 0 Å². The lowest BCUT2D eigenvalue weighted by atomic mass is 10.5. The van der Waals surface area contributed by atoms with Crippen molar-refractivity contribution in [1.29, 1.82) is 0 Å². The number of nitrogens with one attached hydrogen (secondary N) is 1. The first-order valence-corrected chi connectivity index (χ1v) is 4.12. The first-order chi connectivity index (χ1) is 5.33. The first kappa shape index (κ1) is 16.8. The zero-order valence-corrected chi connectivity index (χ0v) is 8.05. The van der Waals surface area contributed by atoms with Crippen molar-refractivity contribution < 1.29 is 9.90 Å². The minimum Gasteiger partial charge on any atom is -0.483 e. The molecule has 2 N–H and O–H groups in total. The molecule has 0 saturated carbocycles. The maximum absolute atomic E-state index is 8.36. The summed E-state index contributed by atoms with van der Waals surface area (Å²) >= 11 is 0. The van der Waals surface area contributed by atoms with Gasteiger partial charge < -0.3 is 10.4 Å². The van der Waals surface area contributed by atoms with Gasteiger partial charge in [-0.2, -0.15) is 0 Å². The van der Waals surface area contributed by atoms with Crippen LogP contribution in [0.1, 0.15) is 34.1 Å². The summed E-state index contributed by atoms with van der Waals surface area (Å²) < 4.78 is 0. The van der Waals surface area contributed by atoms with E-state index in [9.17, 15) is 0 Å². The zero-order chi connectivity index (χ0) is 9.54. The highest BCUT2D eigenvalue weighted by Crippen LogP contribution is 1.65. The molecule has 0 saturated heterocycles. The van der Waals surface area contributed by atoms with E-state index in [4.69, 9.17) is 9.90 Å². The van der Waals surface area contributed by atoms with Crippen LogP contribution in [-0.2, 0) is 4.79 Å². The van der Waals surface area contributed by atoms with Gasteiger partial charge >= 0.3 is 0 Å². The molecular formula is C8H21NO2. The van der Waals surface area contributed by atoms with Gasteiger partial charge in [0.15, 0.2) is 0 Å². The van der Waals surface area contributed by atoms with Gasteiger partial charge in [-0.3, -0.25) is 4.79 Å². The lowest BCUT2D eigenvalue weighted by molar-refractivity contribution is -0.122. The summed E-state index contributed by atoms with van der Waals surface area (Å²) in [4.78, 5) is 8.36. The maximum Gasteiger partial charge on any atom is 0.290 e. The molecule has 0 spiro atoms. The van der Waals surface area contributed by atoms with Crippen LogP contribution in [-0.4, -0.2) is 24.7 Å². The quantitative estimate of drug-likeness (QED) is 0.492. The van der Waals surface area contributed by atoms with Crippen molar-refractivity contribution in [2.45, 2.75) is 34.1 Å². The van der Waals surface area contributed by atoms with Crippen LogP contribution < -0.4 is 5.32 Å². The molecule has 0 aromatic heterocycles. The number of hydrogen-bond acceptors (Lipinski definition) is 2. The predicted octanol–water partition coefficient (Wildman–Crippen LogP) is 1.73. The highest BCUT2D eigenvalue weighted by Gasteiger charge is 1.71. The van der Waals surface area contributed by atoms with Crippen molar-refractivity contribution in [3.63, 3.8) is 0 Å². The van der Waals surface area contributed by atoms with Gasteiger partial charge in [-0.1, -0.05) is 27.7 Å². The minimum atomic E-state index is -0.250. The molecule has 0 aliphatic rings. The van der Waals surface area contributed by atoms with Gasteiger partial charge in [0.1, 0.15) is 0 Å². The van der Waals surface area contributed by atoms with E-state index in [-0.39, 0.29) is 6.47 Å². The van der Waals surface area contributed by atoms with E-state index in [0.717, 1.165) is 13.1 Å². The Labute approximate surface area is 69.8 Å². The fraction of sp³-hybridized carbons (Fsp3) is 0.875. The molecule has 0 fully saturated rings. The Bertz CT molecular complexity index is 45.4. The summed E-state index contributed by atoms with van der Waals surface area (Å²) in [5.74, 6) is 0. The second kappa shape index (κ2) is 34.1. The molecule has 11 heavy (non-hydrogen) atoms. The molecule has 0 amide bonds. The molecule has 0 bridgehead atoms. The molecule has 0 aliphatic heterocycles. The predicted molar refractivity (Wildman–Crippen MR) is 48.9 cm³/mol. The summed E-state index contributed by atoms with van der Waals surface area (Å²) in [6.45, 7) is 10.3. The molecule has 0 rings (SSSR count). The molecule has 70 valence electrons. The Morgan fingerprint density at radius 1 is 1.36 bits per heavy atom. The third-order valence-corrected chi connectivity index (χ3v) is 0.677. The summed E-state index contributed by atoms with van der Waals surface area (Å²) in [7, 11) is 0. The van der Waals surface area contributed by atoms with Crippen LogP contribution in [0, 0.1) is 0 Å². The van der Waals surface area contributed by atoms with Crippen LogP contribution in [0.3, 0.4) is 0 Å². The third kappa shape index (κ3) is 88.2. The number of carbonyl (C=O) groups is 1. The van der Waals surface area contributed by atoms with Crippen molar-refractivity contribution in [2.24, 2.45) is 0 Å². The highest BCUT2D eigenvalue weighted by atomic mass is 16.3. The van der Waals surface area contributed by atoms with Gasteiger partial charge in [-0.15, -0.1) is 0 Å². The Hall–Kier alpha value is -0.570. The Balaban J connectivity index is -0.000000109. The smallest absolute Gasteiger partial charge is 0.290 e. The van der Waals surface area contributed by atoms with Crippen LogP contribution in [0.15, 0.2) is 0 Å². The normalized spacial score (nSPS) is 6.55. The van der Waals surface area contributed by atoms with Crippen LogP contribution in [0.5, 0.6) is 0 Å². The summed E-state index contributed by atoms with van der Waals surface area (Å²) in [5.41, 5.74) is 0. The molecule has 0 heterocycles. The number of carboxylic acid groups (broad SMARTS) is 1. The summed E-state index contributed by atoms with van der Waals surface area (Å²) in [6, 6.07) is 0. The van der Waals surface area contributed by atoms with Gasteiger partial charge in [-0.05, 0) is 19.5 Å². The molecule has 0 atom stereocenters. The summed E-state index contributed by atoms with van der Waals surface area (Å²) in [5, 5.41) is 10.1. The van der Waals surface area contributed by atoms with Crippen LogP contribution in [0.25, 0.3) is 0 Å². The second-order valence-corrected chi connectivity index (χ2v) is 1.46. The third-order valence-electron chi connectivity index (χ3n) is 0.677. The molecule has 0 aliphatic carbocycles. The molecule has 3 nitrogen and oxygen atoms in total. The molecule has 0 unspecified atom stereocenters. The van der Waals surface area contributed by atoms with Crippen molar-refractivity contribution in [3.8, 4) is 0 Å². The van der Waals surface area contributed by atoms with Gasteiger partial charge in [0.2, 0.25) is 0 Å². The Morgan fingerprint density at radius 3 is 1.82 bits per heavy atom. The van der Waals surface area contributed by atoms with Gasteiger partial charge in [0.25, 0.3) is 6.47 Å². The van der Waals surface area contributed by atoms with E-state index in [1.54, 1.807) is 0 Å². The van der Waals surface area contributed by atoms with E-state index in [2.05, 4.69) is 19.2 Å². The van der Waals surface area contributed by atoms with Crippen LogP contribution in [0.4, 0.5) is 0 Å². The maximum atomic E-state index is 8.36. The lowest BCUT2D eigenvalue weighted by Crippen LogP contribution is -2.12. The first-order valence-electron chi connectivity index (χ1n) is 4.12.